The summed E-state index contributed by atoms with van der Waals surface area (Å²) in [5.74, 6) is 1.94. The molecule has 0 saturated carbocycles. The molecule has 1 aliphatic rings. The monoisotopic (exact) mass is 300 g/mol. The Hall–Kier alpha value is -1.88. The summed E-state index contributed by atoms with van der Waals surface area (Å²) in [6, 6.07) is 8.17. The Kier molecular flexibility index (Phi) is 4.43. The third kappa shape index (κ3) is 3.47. The fraction of sp³-hybridized carbons (Fsp3) is 0.529. The Bertz CT molecular complexity index is 608. The van der Waals surface area contributed by atoms with Crippen LogP contribution in [-0.2, 0) is 11.2 Å². The van der Waals surface area contributed by atoms with Crippen molar-refractivity contribution in [2.24, 2.45) is 5.92 Å². The van der Waals surface area contributed by atoms with E-state index in [2.05, 4.69) is 20.9 Å². The molecule has 5 heteroatoms. The highest BCUT2D eigenvalue weighted by atomic mass is 16.2. The molecular formula is C17H24N4O. The van der Waals surface area contributed by atoms with Crippen molar-refractivity contribution in [3.8, 4) is 0 Å². The quantitative estimate of drug-likeness (QED) is 0.938. The molecule has 118 valence electrons. The number of para-hydroxylation sites is 2. The number of nitrogens with one attached hydrogen (secondary N) is 1. The second-order valence-electron chi connectivity index (χ2n) is 6.41. The number of hydrogen-bond acceptors (Lipinski definition) is 3. The summed E-state index contributed by atoms with van der Waals surface area (Å²) >= 11 is 0. The number of aromatic amines is 1. The van der Waals surface area contributed by atoms with Crippen molar-refractivity contribution in [1.29, 1.82) is 0 Å². The number of carbonyl (C=O) groups excluding carboxylic acids is 1. The molecule has 2 aromatic rings. The van der Waals surface area contributed by atoms with E-state index in [0.29, 0.717) is 12.5 Å². The Morgan fingerprint density at radius 3 is 2.73 bits per heavy atom. The van der Waals surface area contributed by atoms with E-state index in [1.165, 1.54) is 0 Å². The zero-order valence-corrected chi connectivity index (χ0v) is 13.4. The fourth-order valence-corrected chi connectivity index (χ4v) is 3.06. The van der Waals surface area contributed by atoms with Crippen LogP contribution in [0, 0.1) is 5.92 Å². The third-order valence-corrected chi connectivity index (χ3v) is 4.49. The number of H-pyrrole nitrogens is 1. The number of likely N-dealkylation sites (tertiary alicyclic amines) is 1. The van der Waals surface area contributed by atoms with Crippen molar-refractivity contribution < 1.29 is 4.79 Å². The number of piperidine rings is 1. The van der Waals surface area contributed by atoms with E-state index in [-0.39, 0.29) is 5.91 Å². The van der Waals surface area contributed by atoms with Gasteiger partial charge in [-0.3, -0.25) is 9.69 Å². The van der Waals surface area contributed by atoms with E-state index in [4.69, 9.17) is 0 Å². The summed E-state index contributed by atoms with van der Waals surface area (Å²) in [7, 11) is 3.63. The maximum absolute atomic E-state index is 11.8. The van der Waals surface area contributed by atoms with Crippen LogP contribution in [0.2, 0.25) is 0 Å². The van der Waals surface area contributed by atoms with Crippen LogP contribution in [0.3, 0.4) is 0 Å². The van der Waals surface area contributed by atoms with Crippen LogP contribution in [0.25, 0.3) is 11.0 Å². The van der Waals surface area contributed by atoms with Crippen molar-refractivity contribution in [3.63, 3.8) is 0 Å². The van der Waals surface area contributed by atoms with Crippen LogP contribution in [0.5, 0.6) is 0 Å². The molecule has 0 aliphatic carbocycles. The van der Waals surface area contributed by atoms with Gasteiger partial charge in [0.1, 0.15) is 5.82 Å². The van der Waals surface area contributed by atoms with Gasteiger partial charge in [0.05, 0.1) is 17.6 Å². The maximum Gasteiger partial charge on any atom is 0.236 e. The molecule has 1 fully saturated rings. The van der Waals surface area contributed by atoms with E-state index < -0.39 is 0 Å². The van der Waals surface area contributed by atoms with Crippen LogP contribution in [0.15, 0.2) is 24.3 Å². The zero-order chi connectivity index (χ0) is 15.5. The number of rotatable bonds is 4. The average molecular weight is 300 g/mol. The third-order valence-electron chi connectivity index (χ3n) is 4.49. The van der Waals surface area contributed by atoms with Crippen LogP contribution < -0.4 is 0 Å². The summed E-state index contributed by atoms with van der Waals surface area (Å²) in [4.78, 5) is 23.8. The van der Waals surface area contributed by atoms with Gasteiger partial charge >= 0.3 is 0 Å². The second kappa shape index (κ2) is 6.48. The number of imidazole rings is 1. The van der Waals surface area contributed by atoms with Crippen LogP contribution in [-0.4, -0.2) is 59.4 Å². The lowest BCUT2D eigenvalue weighted by Gasteiger charge is -2.31. The molecule has 1 saturated heterocycles. The van der Waals surface area contributed by atoms with Gasteiger partial charge in [-0.25, -0.2) is 4.98 Å². The van der Waals surface area contributed by atoms with E-state index in [1.54, 1.807) is 4.90 Å². The Balaban J connectivity index is 1.52. The molecule has 1 amide bonds. The standard InChI is InChI=1S/C17H24N4O/c1-20(2)17(22)12-21-9-7-13(8-10-21)11-16-18-14-5-3-4-6-15(14)19-16/h3-6,13H,7-12H2,1-2H3,(H,18,19). The van der Waals surface area contributed by atoms with Crippen molar-refractivity contribution in [3.05, 3.63) is 30.1 Å². The van der Waals surface area contributed by atoms with Crippen LogP contribution >= 0.6 is 0 Å². The second-order valence-corrected chi connectivity index (χ2v) is 6.41. The molecule has 1 aliphatic heterocycles. The molecule has 5 nitrogen and oxygen atoms in total. The van der Waals surface area contributed by atoms with Gasteiger partial charge in [0, 0.05) is 20.5 Å². The lowest BCUT2D eigenvalue weighted by molar-refractivity contribution is -0.130. The number of aromatic nitrogens is 2. The van der Waals surface area contributed by atoms with Crippen molar-refractivity contribution in [1.82, 2.24) is 19.8 Å². The highest BCUT2D eigenvalue weighted by Crippen LogP contribution is 2.22. The highest BCUT2D eigenvalue weighted by molar-refractivity contribution is 5.77. The van der Waals surface area contributed by atoms with Gasteiger partial charge in [-0.15, -0.1) is 0 Å². The van der Waals surface area contributed by atoms with Gasteiger partial charge in [-0.2, -0.15) is 0 Å². The van der Waals surface area contributed by atoms with Gasteiger partial charge in [0.15, 0.2) is 0 Å². The summed E-state index contributed by atoms with van der Waals surface area (Å²) in [5.41, 5.74) is 2.16. The first kappa shape index (κ1) is 15.0. The first-order valence-electron chi connectivity index (χ1n) is 7.98. The lowest BCUT2D eigenvalue weighted by atomic mass is 9.93. The summed E-state index contributed by atoms with van der Waals surface area (Å²) < 4.78 is 0. The molecule has 0 bridgehead atoms. The van der Waals surface area contributed by atoms with Crippen molar-refractivity contribution >= 4 is 16.9 Å². The molecule has 1 aromatic heterocycles. The largest absolute Gasteiger partial charge is 0.348 e. The number of carbonyl (C=O) groups is 1. The topological polar surface area (TPSA) is 52.2 Å². The van der Waals surface area contributed by atoms with Gasteiger partial charge in [0.25, 0.3) is 0 Å². The molecular weight excluding hydrogens is 276 g/mol. The first-order valence-corrected chi connectivity index (χ1v) is 7.98. The number of benzene rings is 1. The first-order chi connectivity index (χ1) is 10.6. The Morgan fingerprint density at radius 1 is 1.32 bits per heavy atom. The molecule has 22 heavy (non-hydrogen) atoms. The number of fused-ring (bicyclic) bond motifs is 1. The minimum Gasteiger partial charge on any atom is -0.348 e. The van der Waals surface area contributed by atoms with Crippen LogP contribution in [0.4, 0.5) is 0 Å². The molecule has 2 heterocycles. The Labute approximate surface area is 131 Å². The molecule has 1 N–H and O–H groups in total. The van der Waals surface area contributed by atoms with Crippen molar-refractivity contribution in [2.75, 3.05) is 33.7 Å². The summed E-state index contributed by atoms with van der Waals surface area (Å²) in [6.45, 7) is 2.55. The van der Waals surface area contributed by atoms with E-state index in [1.807, 2.05) is 32.3 Å². The van der Waals surface area contributed by atoms with E-state index in [9.17, 15) is 4.79 Å². The predicted octanol–water partition coefficient (Wildman–Crippen LogP) is 1.91. The highest BCUT2D eigenvalue weighted by Gasteiger charge is 2.22. The molecule has 0 unspecified atom stereocenters. The smallest absolute Gasteiger partial charge is 0.236 e. The summed E-state index contributed by atoms with van der Waals surface area (Å²) in [6.07, 6.45) is 3.28. The zero-order valence-electron chi connectivity index (χ0n) is 13.4. The Morgan fingerprint density at radius 2 is 2.05 bits per heavy atom. The molecule has 0 atom stereocenters. The van der Waals surface area contributed by atoms with Gasteiger partial charge in [-0.1, -0.05) is 12.1 Å². The molecule has 0 radical (unpaired) electrons. The number of amides is 1. The minimum absolute atomic E-state index is 0.190. The summed E-state index contributed by atoms with van der Waals surface area (Å²) in [5, 5.41) is 0. The van der Waals surface area contributed by atoms with E-state index >= 15 is 0 Å². The van der Waals surface area contributed by atoms with Gasteiger partial charge < -0.3 is 9.88 Å². The molecule has 1 aromatic carbocycles. The number of nitrogens with zero attached hydrogens (tertiary/aromatic N) is 3. The van der Waals surface area contributed by atoms with Gasteiger partial charge in [-0.05, 0) is 44.0 Å². The number of hydrogen-bond donors (Lipinski definition) is 1. The average Bonchev–Trinajstić information content (AvgIpc) is 2.91. The maximum atomic E-state index is 11.8. The fourth-order valence-electron chi connectivity index (χ4n) is 3.06. The predicted molar refractivity (Wildman–Crippen MR) is 87.7 cm³/mol. The normalized spacial score (nSPS) is 17.0. The molecule has 0 spiro atoms. The molecule has 3 rings (SSSR count). The van der Waals surface area contributed by atoms with Gasteiger partial charge in [0.2, 0.25) is 5.91 Å². The number of likely N-dealkylation sites (N-methyl/N-ethyl adjacent to an activating group) is 1. The van der Waals surface area contributed by atoms with Crippen molar-refractivity contribution in [2.45, 2.75) is 19.3 Å². The van der Waals surface area contributed by atoms with E-state index in [0.717, 1.165) is 49.2 Å². The SMILES string of the molecule is CN(C)C(=O)CN1CCC(Cc2nc3ccccc3[nH]2)CC1. The van der Waals surface area contributed by atoms with Crippen LogP contribution in [0.1, 0.15) is 18.7 Å². The minimum atomic E-state index is 0.190. The lowest BCUT2D eigenvalue weighted by Crippen LogP contribution is -2.41.